The second-order valence-electron chi connectivity index (χ2n) is 15.3. The van der Waals surface area contributed by atoms with E-state index in [1.165, 1.54) is 154 Å². The molecule has 0 fully saturated rings. The van der Waals surface area contributed by atoms with Crippen LogP contribution in [0.3, 0.4) is 0 Å². The molecule has 4 heteroatoms. The minimum atomic E-state index is -0.139. The molecule has 1 atom stereocenters. The molecule has 0 aromatic heterocycles. The molecule has 0 heterocycles. The molecule has 0 N–H and O–H groups in total. The number of hydrogen-bond acceptors (Lipinski definition) is 4. The number of ether oxygens (including phenoxy) is 2. The fraction of sp³-hybridized carbons (Fsp3) is 0.976. The van der Waals surface area contributed by atoms with Crippen molar-refractivity contribution in [1.29, 1.82) is 0 Å². The van der Waals surface area contributed by atoms with Crippen LogP contribution in [-0.4, -0.2) is 37.2 Å². The van der Waals surface area contributed by atoms with Crippen molar-refractivity contribution in [2.24, 2.45) is 5.16 Å². The third kappa shape index (κ3) is 30.7. The molecule has 0 aromatic rings. The van der Waals surface area contributed by atoms with Crippen molar-refractivity contribution in [3.63, 3.8) is 0 Å². The van der Waals surface area contributed by atoms with Crippen LogP contribution in [-0.2, 0) is 14.3 Å². The topological polar surface area (TPSA) is 40.0 Å². The molecule has 276 valence electrons. The molecule has 0 saturated carbocycles. The molecule has 46 heavy (non-hydrogen) atoms. The lowest BCUT2D eigenvalue weighted by molar-refractivity contribution is -0.0707. The fourth-order valence-corrected chi connectivity index (χ4v) is 6.22. The van der Waals surface area contributed by atoms with Crippen LogP contribution in [0, 0.1) is 0 Å². The molecule has 4 nitrogen and oxygen atoms in total. The molecule has 0 amide bonds. The van der Waals surface area contributed by atoms with Gasteiger partial charge in [0.05, 0.1) is 17.8 Å². The van der Waals surface area contributed by atoms with Gasteiger partial charge in [0, 0.05) is 13.3 Å². The van der Waals surface area contributed by atoms with Crippen molar-refractivity contribution < 1.29 is 14.3 Å². The van der Waals surface area contributed by atoms with Gasteiger partial charge in [0.2, 0.25) is 0 Å². The zero-order valence-corrected chi connectivity index (χ0v) is 32.7. The third-order valence-corrected chi connectivity index (χ3v) is 10.3. The molecular formula is C42H85NO3. The molecule has 0 bridgehead atoms. The normalized spacial score (nSPS) is 13.7. The number of rotatable bonds is 37. The molecule has 0 radical (unpaired) electrons. The quantitative estimate of drug-likeness (QED) is 0.0381. The lowest BCUT2D eigenvalue weighted by Gasteiger charge is -2.31. The standard InChI is InChI=1S/C42H85NO3/c1-8-11-13-15-17-19-21-23-25-27-29-31-34-40(35-32-30-28-26-24-22-20-18-16-14-12-9-2)46-43-38-33-36-42(6,10-3)45-39-37-41(4,5)44-7/h38,40H,8-37,39H2,1-7H3. The first-order valence-electron chi connectivity index (χ1n) is 20.7. The maximum atomic E-state index is 6.31. The van der Waals surface area contributed by atoms with Gasteiger partial charge in [-0.1, -0.05) is 167 Å². The fourth-order valence-electron chi connectivity index (χ4n) is 6.22. The van der Waals surface area contributed by atoms with Crippen LogP contribution in [0.5, 0.6) is 0 Å². The largest absolute Gasteiger partial charge is 0.393 e. The highest BCUT2D eigenvalue weighted by Gasteiger charge is 2.24. The Labute approximate surface area is 290 Å². The van der Waals surface area contributed by atoms with Gasteiger partial charge in [-0.2, -0.15) is 0 Å². The number of methoxy groups -OCH3 is 1. The third-order valence-electron chi connectivity index (χ3n) is 10.3. The van der Waals surface area contributed by atoms with E-state index in [4.69, 9.17) is 14.3 Å². The Morgan fingerprint density at radius 3 is 1.30 bits per heavy atom. The second kappa shape index (κ2) is 32.9. The first kappa shape index (κ1) is 45.4. The molecule has 0 aliphatic heterocycles. The lowest BCUT2D eigenvalue weighted by Crippen LogP contribution is -2.32. The first-order valence-corrected chi connectivity index (χ1v) is 20.7. The van der Waals surface area contributed by atoms with Gasteiger partial charge in [-0.25, -0.2) is 0 Å². The van der Waals surface area contributed by atoms with E-state index in [-0.39, 0.29) is 17.3 Å². The maximum absolute atomic E-state index is 6.31. The molecule has 0 aliphatic rings. The van der Waals surface area contributed by atoms with Crippen molar-refractivity contribution in [3.05, 3.63) is 0 Å². The minimum Gasteiger partial charge on any atom is -0.393 e. The molecule has 0 spiro atoms. The monoisotopic (exact) mass is 652 g/mol. The van der Waals surface area contributed by atoms with Gasteiger partial charge in [-0.05, 0) is 72.1 Å². The number of oxime groups is 1. The average molecular weight is 652 g/mol. The Morgan fingerprint density at radius 1 is 0.543 bits per heavy atom. The van der Waals surface area contributed by atoms with Crippen LogP contribution in [0.15, 0.2) is 5.16 Å². The Bertz CT molecular complexity index is 608. The smallest absolute Gasteiger partial charge is 0.127 e. The summed E-state index contributed by atoms with van der Waals surface area (Å²) < 4.78 is 11.9. The molecule has 0 aliphatic carbocycles. The SMILES string of the molecule is CCCCCCCCCCCCCCC(CCCCCCCCCCCCCC)ON=CCCC(C)(CC)OCCC(C)(C)OC. The summed E-state index contributed by atoms with van der Waals surface area (Å²) in [6.07, 6.45) is 41.8. The number of hydrogen-bond donors (Lipinski definition) is 0. The summed E-state index contributed by atoms with van der Waals surface area (Å²) in [5.74, 6) is 0. The summed E-state index contributed by atoms with van der Waals surface area (Å²) in [6.45, 7) is 14.0. The maximum Gasteiger partial charge on any atom is 0.127 e. The Hall–Kier alpha value is -0.610. The van der Waals surface area contributed by atoms with Gasteiger partial charge in [-0.3, -0.25) is 0 Å². The van der Waals surface area contributed by atoms with Crippen molar-refractivity contribution in [2.75, 3.05) is 13.7 Å². The molecule has 0 saturated heterocycles. The number of nitrogens with zero attached hydrogens (tertiary/aromatic N) is 1. The second-order valence-corrected chi connectivity index (χ2v) is 15.3. The van der Waals surface area contributed by atoms with Crippen molar-refractivity contribution in [2.45, 2.75) is 251 Å². The summed E-state index contributed by atoms with van der Waals surface area (Å²) in [7, 11) is 1.78. The Morgan fingerprint density at radius 2 is 0.935 bits per heavy atom. The van der Waals surface area contributed by atoms with Crippen molar-refractivity contribution >= 4 is 6.21 Å². The molecular weight excluding hydrogens is 566 g/mol. The zero-order valence-electron chi connectivity index (χ0n) is 32.7. The van der Waals surface area contributed by atoms with E-state index in [1.807, 2.05) is 6.21 Å². The van der Waals surface area contributed by atoms with Crippen LogP contribution in [0.2, 0.25) is 0 Å². The zero-order chi connectivity index (χ0) is 34.0. The molecule has 1 unspecified atom stereocenters. The van der Waals surface area contributed by atoms with Crippen LogP contribution in [0.25, 0.3) is 0 Å². The van der Waals surface area contributed by atoms with E-state index in [2.05, 4.69) is 46.7 Å². The molecule has 0 aromatic carbocycles. The summed E-state index contributed by atoms with van der Waals surface area (Å²) in [5.41, 5.74) is -0.264. The van der Waals surface area contributed by atoms with Crippen molar-refractivity contribution in [3.8, 4) is 0 Å². The minimum absolute atomic E-state index is 0.126. The van der Waals surface area contributed by atoms with Gasteiger partial charge < -0.3 is 14.3 Å². The van der Waals surface area contributed by atoms with E-state index >= 15 is 0 Å². The van der Waals surface area contributed by atoms with E-state index in [1.54, 1.807) is 7.11 Å². The van der Waals surface area contributed by atoms with Crippen LogP contribution in [0.1, 0.15) is 234 Å². The van der Waals surface area contributed by atoms with Gasteiger partial charge in [0.1, 0.15) is 6.10 Å². The van der Waals surface area contributed by atoms with Gasteiger partial charge in [-0.15, -0.1) is 0 Å². The predicted octanol–water partition coefficient (Wildman–Crippen LogP) is 14.3. The average Bonchev–Trinajstić information content (AvgIpc) is 3.05. The molecule has 0 rings (SSSR count). The highest BCUT2D eigenvalue weighted by atomic mass is 16.6. The van der Waals surface area contributed by atoms with Crippen LogP contribution in [0.4, 0.5) is 0 Å². The lowest BCUT2D eigenvalue weighted by atomic mass is 9.96. The van der Waals surface area contributed by atoms with Crippen LogP contribution < -0.4 is 0 Å². The highest BCUT2D eigenvalue weighted by molar-refractivity contribution is 5.56. The van der Waals surface area contributed by atoms with Crippen LogP contribution >= 0.6 is 0 Å². The predicted molar refractivity (Wildman–Crippen MR) is 204 cm³/mol. The summed E-state index contributed by atoms with van der Waals surface area (Å²) in [5, 5.41) is 4.49. The van der Waals surface area contributed by atoms with E-state index in [9.17, 15) is 0 Å². The van der Waals surface area contributed by atoms with E-state index in [0.29, 0.717) is 0 Å². The van der Waals surface area contributed by atoms with Gasteiger partial charge in [0.15, 0.2) is 0 Å². The van der Waals surface area contributed by atoms with E-state index < -0.39 is 0 Å². The van der Waals surface area contributed by atoms with E-state index in [0.717, 1.165) is 45.1 Å². The Kier molecular flexibility index (Phi) is 32.5. The first-order chi connectivity index (χ1) is 22.3. The number of unbranched alkanes of at least 4 members (excludes halogenated alkanes) is 22. The summed E-state index contributed by atoms with van der Waals surface area (Å²) >= 11 is 0. The highest BCUT2D eigenvalue weighted by Crippen LogP contribution is 2.24. The Balaban J connectivity index is 4.36. The summed E-state index contributed by atoms with van der Waals surface area (Å²) in [6, 6.07) is 0. The van der Waals surface area contributed by atoms with Gasteiger partial charge in [0.25, 0.3) is 0 Å². The van der Waals surface area contributed by atoms with Gasteiger partial charge >= 0.3 is 0 Å². The summed E-state index contributed by atoms with van der Waals surface area (Å²) in [4.78, 5) is 6.14. The van der Waals surface area contributed by atoms with Crippen molar-refractivity contribution in [1.82, 2.24) is 0 Å².